The minimum absolute atomic E-state index is 0.226. The second-order valence-electron chi connectivity index (χ2n) is 4.10. The molecule has 1 unspecified atom stereocenters. The van der Waals surface area contributed by atoms with E-state index in [4.69, 9.17) is 46.9 Å². The summed E-state index contributed by atoms with van der Waals surface area (Å²) in [4.78, 5) is -0.944. The van der Waals surface area contributed by atoms with Crippen molar-refractivity contribution in [3.63, 3.8) is 0 Å². The molecule has 4 rings (SSSR count). The summed E-state index contributed by atoms with van der Waals surface area (Å²) in [5.74, 6) is -1.43. The van der Waals surface area contributed by atoms with Crippen molar-refractivity contribution in [2.24, 2.45) is 0 Å². The molecule has 6 atom stereocenters. The second kappa shape index (κ2) is 3.68. The molecular formula is C9H12Cl2O5. The molecule has 0 aromatic carbocycles. The van der Waals surface area contributed by atoms with Crippen LogP contribution in [0.2, 0.25) is 0 Å². The number of ether oxygens (including phenoxy) is 5. The quantitative estimate of drug-likeness (QED) is 0.702. The molecule has 4 fully saturated rings. The van der Waals surface area contributed by atoms with E-state index in [1.807, 2.05) is 6.92 Å². The molecule has 0 amide bonds. The van der Waals surface area contributed by atoms with Crippen LogP contribution in [0.4, 0.5) is 0 Å². The molecule has 0 N–H and O–H groups in total. The third-order valence-electron chi connectivity index (χ3n) is 3.14. The summed E-state index contributed by atoms with van der Waals surface area (Å²) < 4.78 is 27.8. The fourth-order valence-electron chi connectivity index (χ4n) is 2.43. The number of alkyl halides is 2. The Morgan fingerprint density at radius 3 is 2.56 bits per heavy atom. The van der Waals surface area contributed by atoms with Gasteiger partial charge in [-0.25, -0.2) is 0 Å². The molecule has 0 radical (unpaired) electrons. The van der Waals surface area contributed by atoms with Crippen molar-refractivity contribution in [2.75, 3.05) is 7.11 Å². The van der Waals surface area contributed by atoms with E-state index in [2.05, 4.69) is 0 Å². The first-order valence-electron chi connectivity index (χ1n) is 5.07. The zero-order valence-corrected chi connectivity index (χ0v) is 10.3. The number of rotatable bonds is 2. The van der Waals surface area contributed by atoms with E-state index in [-0.39, 0.29) is 24.4 Å². The Morgan fingerprint density at radius 1 is 1.19 bits per heavy atom. The molecule has 4 aliphatic rings. The van der Waals surface area contributed by atoms with Gasteiger partial charge in [0.25, 0.3) is 0 Å². The van der Waals surface area contributed by atoms with Gasteiger partial charge in [-0.2, -0.15) is 0 Å². The van der Waals surface area contributed by atoms with E-state index in [0.29, 0.717) is 0 Å². The number of halogens is 2. The van der Waals surface area contributed by atoms with Crippen molar-refractivity contribution in [2.45, 2.75) is 48.4 Å². The molecule has 16 heavy (non-hydrogen) atoms. The van der Waals surface area contributed by atoms with E-state index in [0.717, 1.165) is 0 Å². The van der Waals surface area contributed by atoms with Crippen LogP contribution in [0.25, 0.3) is 0 Å². The summed E-state index contributed by atoms with van der Waals surface area (Å²) in [6, 6.07) is 0. The molecule has 0 aliphatic carbocycles. The highest BCUT2D eigenvalue weighted by atomic mass is 35.5. The minimum Gasteiger partial charge on any atom is -0.376 e. The highest BCUT2D eigenvalue weighted by molar-refractivity contribution is 6.44. The van der Waals surface area contributed by atoms with Crippen molar-refractivity contribution < 1.29 is 23.7 Å². The molecule has 0 aromatic heterocycles. The fraction of sp³-hybridized carbons (Fsp3) is 1.00. The Hall–Kier alpha value is 0.380. The molecule has 7 heteroatoms. The van der Waals surface area contributed by atoms with Crippen molar-refractivity contribution in [3.05, 3.63) is 0 Å². The average Bonchev–Trinajstić information content (AvgIpc) is 2.62. The van der Waals surface area contributed by atoms with Gasteiger partial charge in [-0.3, -0.25) is 4.74 Å². The summed E-state index contributed by atoms with van der Waals surface area (Å²) in [5.41, 5.74) is 0. The SMILES string of the molecule is CO[C@H]1[C@H]2O[C@@H]3OC(C(Cl)Cl)(O[C@@H]31)O[C@@H]2C. The van der Waals surface area contributed by atoms with Gasteiger partial charge in [0.2, 0.25) is 0 Å². The topological polar surface area (TPSA) is 46.2 Å². The normalized spacial score (nSPS) is 54.9. The van der Waals surface area contributed by atoms with E-state index in [9.17, 15) is 0 Å². The second-order valence-corrected chi connectivity index (χ2v) is 5.19. The van der Waals surface area contributed by atoms with Crippen LogP contribution < -0.4 is 0 Å². The monoisotopic (exact) mass is 270 g/mol. The van der Waals surface area contributed by atoms with Gasteiger partial charge in [0, 0.05) is 7.11 Å². The van der Waals surface area contributed by atoms with Gasteiger partial charge in [-0.15, -0.1) is 0 Å². The maximum atomic E-state index is 5.85. The first-order valence-corrected chi connectivity index (χ1v) is 5.94. The Morgan fingerprint density at radius 2 is 1.94 bits per heavy atom. The molecule has 0 spiro atoms. The Bertz CT molecular complexity index is 302. The number of hydrogen-bond acceptors (Lipinski definition) is 5. The highest BCUT2D eigenvalue weighted by Gasteiger charge is 2.66. The molecule has 0 saturated carbocycles. The lowest BCUT2D eigenvalue weighted by Crippen LogP contribution is -2.43. The lowest BCUT2D eigenvalue weighted by molar-refractivity contribution is -0.338. The largest absolute Gasteiger partial charge is 0.376 e. The van der Waals surface area contributed by atoms with E-state index >= 15 is 0 Å². The van der Waals surface area contributed by atoms with Gasteiger partial charge < -0.3 is 18.9 Å². The smallest absolute Gasteiger partial charge is 0.318 e. The third kappa shape index (κ3) is 1.37. The first kappa shape index (κ1) is 11.5. The molecule has 4 aliphatic heterocycles. The molecule has 5 nitrogen and oxygen atoms in total. The maximum Gasteiger partial charge on any atom is 0.318 e. The zero-order chi connectivity index (χ0) is 11.5. The van der Waals surface area contributed by atoms with Gasteiger partial charge in [-0.1, -0.05) is 23.2 Å². The molecule has 4 bridgehead atoms. The van der Waals surface area contributed by atoms with E-state index in [1.165, 1.54) is 0 Å². The van der Waals surface area contributed by atoms with E-state index < -0.39 is 17.1 Å². The lowest BCUT2D eigenvalue weighted by atomic mass is 10.1. The minimum atomic E-state index is -1.43. The summed E-state index contributed by atoms with van der Waals surface area (Å²) in [5, 5.41) is 0. The molecule has 0 aromatic rings. The van der Waals surface area contributed by atoms with Gasteiger partial charge in [0.15, 0.2) is 11.1 Å². The van der Waals surface area contributed by atoms with Crippen LogP contribution in [0, 0.1) is 0 Å². The Kier molecular flexibility index (Phi) is 2.64. The molecule has 4 saturated heterocycles. The van der Waals surface area contributed by atoms with Gasteiger partial charge in [0.1, 0.15) is 18.3 Å². The van der Waals surface area contributed by atoms with Crippen LogP contribution in [-0.4, -0.2) is 48.6 Å². The van der Waals surface area contributed by atoms with Crippen LogP contribution in [0.5, 0.6) is 0 Å². The maximum absolute atomic E-state index is 5.85. The third-order valence-corrected chi connectivity index (χ3v) is 3.67. The first-order chi connectivity index (χ1) is 7.57. The molecule has 4 heterocycles. The molecular weight excluding hydrogens is 259 g/mol. The summed E-state index contributed by atoms with van der Waals surface area (Å²) in [6.45, 7) is 1.85. The van der Waals surface area contributed by atoms with Crippen molar-refractivity contribution >= 4 is 23.2 Å². The predicted molar refractivity (Wildman–Crippen MR) is 54.2 cm³/mol. The van der Waals surface area contributed by atoms with Gasteiger partial charge in [-0.05, 0) is 6.92 Å². The van der Waals surface area contributed by atoms with Crippen molar-refractivity contribution in [1.82, 2.24) is 0 Å². The van der Waals surface area contributed by atoms with Gasteiger partial charge >= 0.3 is 5.97 Å². The number of fused-ring (bicyclic) bond motifs is 1. The zero-order valence-electron chi connectivity index (χ0n) is 8.76. The Balaban J connectivity index is 1.97. The predicted octanol–water partition coefficient (Wildman–Crippen LogP) is 1.02. The van der Waals surface area contributed by atoms with Crippen LogP contribution in [0.15, 0.2) is 0 Å². The highest BCUT2D eigenvalue weighted by Crippen LogP contribution is 2.48. The fourth-order valence-corrected chi connectivity index (χ4v) is 2.74. The van der Waals surface area contributed by atoms with Crippen molar-refractivity contribution in [3.8, 4) is 0 Å². The Labute approximate surface area is 103 Å². The standard InChI is InChI=1S/C9H12Cl2O5/c1-3-4-5(12-2)6-7(13-4)16-9(14-3,15-6)8(10)11/h3-8H,1-2H3/t3-,4+,5+,6-,7-,9?/m1/s1. The van der Waals surface area contributed by atoms with Crippen LogP contribution in [0.3, 0.4) is 0 Å². The van der Waals surface area contributed by atoms with E-state index in [1.54, 1.807) is 7.11 Å². The van der Waals surface area contributed by atoms with Gasteiger partial charge in [0.05, 0.1) is 6.10 Å². The number of methoxy groups -OCH3 is 1. The summed E-state index contributed by atoms with van der Waals surface area (Å²) in [7, 11) is 1.60. The van der Waals surface area contributed by atoms with Crippen molar-refractivity contribution in [1.29, 1.82) is 0 Å². The van der Waals surface area contributed by atoms with Crippen LogP contribution >= 0.6 is 23.2 Å². The average molecular weight is 271 g/mol. The van der Waals surface area contributed by atoms with Crippen LogP contribution in [-0.2, 0) is 23.7 Å². The lowest BCUT2D eigenvalue weighted by Gasteiger charge is -2.28. The molecule has 92 valence electrons. The summed E-state index contributed by atoms with van der Waals surface area (Å²) >= 11 is 11.7. The number of hydrogen-bond donors (Lipinski definition) is 0. The summed E-state index contributed by atoms with van der Waals surface area (Å²) in [6.07, 6.45) is -1.59. The van der Waals surface area contributed by atoms with Crippen LogP contribution in [0.1, 0.15) is 6.92 Å².